The van der Waals surface area contributed by atoms with E-state index in [1.807, 2.05) is 24.3 Å². The first-order valence-electron chi connectivity index (χ1n) is 19.8. The van der Waals surface area contributed by atoms with Crippen molar-refractivity contribution >= 4 is 61.7 Å². The lowest BCUT2D eigenvalue weighted by atomic mass is 9.93. The fraction of sp³-hybridized carbons (Fsp3) is 0.157. The van der Waals surface area contributed by atoms with Crippen molar-refractivity contribution in [1.29, 1.82) is 0 Å². The van der Waals surface area contributed by atoms with E-state index in [2.05, 4.69) is 148 Å². The Morgan fingerprint density at radius 1 is 0.617 bits per heavy atom. The van der Waals surface area contributed by atoms with Gasteiger partial charge in [0, 0.05) is 66.5 Å². The van der Waals surface area contributed by atoms with Crippen LogP contribution in [0.3, 0.4) is 0 Å². The summed E-state index contributed by atoms with van der Waals surface area (Å²) in [6.07, 6.45) is 0. The lowest BCUT2D eigenvalue weighted by Crippen LogP contribution is -2.26. The number of benzene rings is 7. The number of hydrogen-bond acceptors (Lipinski definition) is 6. The van der Waals surface area contributed by atoms with E-state index in [1.165, 1.54) is 39.4 Å². The van der Waals surface area contributed by atoms with Crippen LogP contribution in [-0.2, 0) is 10.1 Å². The van der Waals surface area contributed by atoms with Gasteiger partial charge in [-0.3, -0.25) is 4.55 Å². The molecule has 0 amide bonds. The van der Waals surface area contributed by atoms with Gasteiger partial charge in [0.15, 0.2) is 5.88 Å². The maximum atomic E-state index is 13.0. The second-order valence-corrected chi connectivity index (χ2v) is 18.8. The molecule has 0 aromatic heterocycles. The standard InChI is InChI=1S/C51H46N2O4S3/c1-33-25-35(3)50(36(4)26-33)52(31-58-41-15-9-7-10-16-41)39-21-23-43-46(29-39)57-47-30-40(22-24-44(47)49(43)45-19-13-14-20-48(45)60(54,55)56)53(32-59-42-17-11-8-12-18-42)51-37(5)27-34(2)28-38(51)6/h7-30H,31-32H2,1-6H3/p+1. The van der Waals surface area contributed by atoms with Crippen molar-refractivity contribution in [3.63, 3.8) is 0 Å². The molecule has 0 saturated carbocycles. The van der Waals surface area contributed by atoms with Crippen LogP contribution >= 0.6 is 23.5 Å². The van der Waals surface area contributed by atoms with Crippen LogP contribution in [0.2, 0.25) is 0 Å². The van der Waals surface area contributed by atoms with Crippen LogP contribution in [0.4, 0.5) is 17.1 Å². The molecule has 8 rings (SSSR count). The lowest BCUT2D eigenvalue weighted by molar-refractivity contribution is 0.483. The monoisotopic (exact) mass is 847 g/mol. The van der Waals surface area contributed by atoms with Crippen molar-refractivity contribution in [3.8, 4) is 22.5 Å². The highest BCUT2D eigenvalue weighted by atomic mass is 32.2. The Hall–Kier alpha value is -5.58. The molecule has 6 aromatic rings. The average Bonchev–Trinajstić information content (AvgIpc) is 3.21. The third-order valence-corrected chi connectivity index (χ3v) is 13.7. The molecular weight excluding hydrogens is 801 g/mol. The zero-order valence-corrected chi connectivity index (χ0v) is 37.0. The van der Waals surface area contributed by atoms with Gasteiger partial charge in [-0.1, -0.05) is 89.6 Å². The molecule has 302 valence electrons. The maximum absolute atomic E-state index is 13.0. The van der Waals surface area contributed by atoms with E-state index in [1.54, 1.807) is 41.7 Å². The molecule has 0 unspecified atom stereocenters. The minimum absolute atomic E-state index is 0.162. The van der Waals surface area contributed by atoms with E-state index >= 15 is 0 Å². The van der Waals surface area contributed by atoms with Gasteiger partial charge >= 0.3 is 0 Å². The first-order valence-corrected chi connectivity index (χ1v) is 23.2. The largest absolute Gasteiger partial charge is 0.456 e. The summed E-state index contributed by atoms with van der Waals surface area (Å²) in [6.45, 7) is 12.9. The van der Waals surface area contributed by atoms with E-state index < -0.39 is 10.1 Å². The minimum atomic E-state index is -4.58. The first kappa shape index (κ1) is 41.2. The van der Waals surface area contributed by atoms with E-state index in [-0.39, 0.29) is 4.90 Å². The second kappa shape index (κ2) is 17.2. The number of nitrogens with zero attached hydrogens (tertiary/aromatic N) is 2. The highest BCUT2D eigenvalue weighted by Gasteiger charge is 2.26. The molecule has 0 bridgehead atoms. The zero-order valence-electron chi connectivity index (χ0n) is 34.6. The molecule has 60 heavy (non-hydrogen) atoms. The minimum Gasteiger partial charge on any atom is -0.456 e. The summed E-state index contributed by atoms with van der Waals surface area (Å²) >= 11 is 3.51. The fourth-order valence-electron chi connectivity index (χ4n) is 8.44. The van der Waals surface area contributed by atoms with Gasteiger partial charge in [0.25, 0.3) is 10.1 Å². The highest BCUT2D eigenvalue weighted by Crippen LogP contribution is 2.44. The summed E-state index contributed by atoms with van der Waals surface area (Å²) in [7, 11) is -4.58. The molecule has 0 spiro atoms. The summed E-state index contributed by atoms with van der Waals surface area (Å²) in [4.78, 5) is 4.49. The van der Waals surface area contributed by atoms with Gasteiger partial charge in [-0.15, -0.1) is 11.8 Å². The maximum Gasteiger partial charge on any atom is 0.295 e. The van der Waals surface area contributed by atoms with Crippen molar-refractivity contribution in [2.45, 2.75) is 56.2 Å². The van der Waals surface area contributed by atoms with Crippen LogP contribution in [0, 0.1) is 41.5 Å². The van der Waals surface area contributed by atoms with Crippen molar-refractivity contribution in [1.82, 2.24) is 4.58 Å². The van der Waals surface area contributed by atoms with Crippen LogP contribution in [0.25, 0.3) is 33.4 Å². The van der Waals surface area contributed by atoms with Gasteiger partial charge < -0.3 is 9.32 Å². The molecule has 0 radical (unpaired) electrons. The topological polar surface area (TPSA) is 73.8 Å². The highest BCUT2D eigenvalue weighted by molar-refractivity contribution is 7.99. The van der Waals surface area contributed by atoms with E-state index in [4.69, 9.17) is 4.42 Å². The smallest absolute Gasteiger partial charge is 0.295 e. The molecule has 1 aliphatic heterocycles. The van der Waals surface area contributed by atoms with Gasteiger partial charge in [0.1, 0.15) is 16.2 Å². The summed E-state index contributed by atoms with van der Waals surface area (Å²) in [5.41, 5.74) is 12.6. The lowest BCUT2D eigenvalue weighted by Gasteiger charge is -2.29. The Morgan fingerprint density at radius 2 is 1.20 bits per heavy atom. The number of hydrogen-bond donors (Lipinski definition) is 1. The third kappa shape index (κ3) is 8.54. The van der Waals surface area contributed by atoms with Crippen LogP contribution in [0.15, 0.2) is 165 Å². The molecule has 0 saturated heterocycles. The second-order valence-electron chi connectivity index (χ2n) is 15.3. The molecule has 1 aliphatic carbocycles. The number of fused-ring (bicyclic) bond motifs is 2. The van der Waals surface area contributed by atoms with Crippen molar-refractivity contribution in [2.24, 2.45) is 0 Å². The molecule has 1 heterocycles. The molecule has 0 fully saturated rings. The molecule has 6 aromatic carbocycles. The Kier molecular flexibility index (Phi) is 11.8. The number of rotatable bonds is 11. The SMILES string of the molecule is Cc1cc(C)c(N(CSc2ccccc2)c2ccc3c(-c4ccccc4S(=O)(=O)O)c4cc/c(=[N+](/CSc5ccccc5)c5c(C)cc(C)cc5C)cc-4oc3c2)c(C)c1. The molecule has 6 nitrogen and oxygen atoms in total. The summed E-state index contributed by atoms with van der Waals surface area (Å²) in [5.74, 6) is 1.86. The first-order chi connectivity index (χ1) is 28.9. The Labute approximate surface area is 361 Å². The Balaban J connectivity index is 1.40. The quantitative estimate of drug-likeness (QED) is 0.0457. The van der Waals surface area contributed by atoms with Crippen LogP contribution < -0.4 is 14.8 Å². The van der Waals surface area contributed by atoms with Gasteiger partial charge in [-0.25, -0.2) is 0 Å². The molecule has 1 N–H and O–H groups in total. The average molecular weight is 848 g/mol. The van der Waals surface area contributed by atoms with Gasteiger partial charge in [0.2, 0.25) is 11.0 Å². The Morgan fingerprint density at radius 3 is 1.83 bits per heavy atom. The normalized spacial score (nSPS) is 12.2. The number of anilines is 2. The van der Waals surface area contributed by atoms with E-state index in [0.29, 0.717) is 34.2 Å². The predicted octanol–water partition coefficient (Wildman–Crippen LogP) is 13.0. The van der Waals surface area contributed by atoms with Crippen molar-refractivity contribution < 1.29 is 17.4 Å². The molecule has 9 heteroatoms. The summed E-state index contributed by atoms with van der Waals surface area (Å²) < 4.78 is 45.8. The molecule has 2 aliphatic rings. The Bertz CT molecular complexity index is 2990. The summed E-state index contributed by atoms with van der Waals surface area (Å²) in [6, 6.07) is 48.5. The number of aryl methyl sites for hydroxylation is 6. The van der Waals surface area contributed by atoms with Gasteiger partial charge in [-0.2, -0.15) is 13.0 Å². The van der Waals surface area contributed by atoms with Crippen molar-refractivity contribution in [2.75, 3.05) is 16.7 Å². The third-order valence-electron chi connectivity index (χ3n) is 10.8. The van der Waals surface area contributed by atoms with Crippen LogP contribution in [0.5, 0.6) is 0 Å². The predicted molar refractivity (Wildman–Crippen MR) is 251 cm³/mol. The number of thioether (sulfide) groups is 2. The summed E-state index contributed by atoms with van der Waals surface area (Å²) in [5, 5.41) is 1.66. The molecule has 0 atom stereocenters. The molecular formula is C51H47N2O4S3+. The van der Waals surface area contributed by atoms with E-state index in [0.717, 1.165) is 43.2 Å². The van der Waals surface area contributed by atoms with Crippen molar-refractivity contribution in [3.05, 3.63) is 184 Å². The fourth-order valence-corrected chi connectivity index (χ4v) is 10.9. The van der Waals surface area contributed by atoms with E-state index in [9.17, 15) is 13.0 Å². The zero-order chi connectivity index (χ0) is 42.1. The van der Waals surface area contributed by atoms with Gasteiger partial charge in [0.05, 0.1) is 11.9 Å². The van der Waals surface area contributed by atoms with Gasteiger partial charge in [-0.05, 0) is 113 Å². The van der Waals surface area contributed by atoms with Crippen LogP contribution in [-0.4, -0.2) is 24.7 Å². The van der Waals surface area contributed by atoms with Crippen LogP contribution in [0.1, 0.15) is 33.4 Å².